The van der Waals surface area contributed by atoms with Crippen LogP contribution in [0.3, 0.4) is 0 Å². The van der Waals surface area contributed by atoms with Gasteiger partial charge in [0.15, 0.2) is 12.6 Å². The average molecular weight is 128 g/mol. The molecule has 0 radical (unpaired) electrons. The van der Waals surface area contributed by atoms with Crippen LogP contribution in [0.2, 0.25) is 0 Å². The van der Waals surface area contributed by atoms with Gasteiger partial charge in [0, 0.05) is 7.11 Å². The SMILES string of the molecule is COC(C)OC(C)O.[LiH]. The first-order valence-corrected chi connectivity index (χ1v) is 2.53. The van der Waals surface area contributed by atoms with Crippen LogP contribution in [0.5, 0.6) is 0 Å². The summed E-state index contributed by atoms with van der Waals surface area (Å²) in [5.41, 5.74) is 0. The van der Waals surface area contributed by atoms with E-state index in [4.69, 9.17) is 9.84 Å². The maximum absolute atomic E-state index is 8.55. The van der Waals surface area contributed by atoms with Gasteiger partial charge in [0.2, 0.25) is 0 Å². The Labute approximate surface area is 67.5 Å². The quantitative estimate of drug-likeness (QED) is 0.418. The summed E-state index contributed by atoms with van der Waals surface area (Å²) in [6.07, 6.45) is -1.07. The van der Waals surface area contributed by atoms with Crippen molar-refractivity contribution in [3.05, 3.63) is 0 Å². The molecule has 0 aliphatic heterocycles. The van der Waals surface area contributed by atoms with Crippen molar-refractivity contribution >= 4 is 18.9 Å². The molecule has 4 heteroatoms. The predicted molar refractivity (Wildman–Crippen MR) is 36.4 cm³/mol. The maximum atomic E-state index is 8.55. The fourth-order valence-electron chi connectivity index (χ4n) is 0.333. The van der Waals surface area contributed by atoms with Crippen molar-refractivity contribution in [2.75, 3.05) is 7.11 Å². The monoisotopic (exact) mass is 128 g/mol. The molecule has 0 amide bonds. The van der Waals surface area contributed by atoms with E-state index in [1.807, 2.05) is 0 Å². The average Bonchev–Trinajstić information content (AvgIpc) is 1.65. The molecule has 0 saturated heterocycles. The van der Waals surface area contributed by atoms with E-state index in [2.05, 4.69) is 4.74 Å². The second kappa shape index (κ2) is 6.60. The Bertz CT molecular complexity index is 58.2. The fourth-order valence-corrected chi connectivity index (χ4v) is 0.333. The van der Waals surface area contributed by atoms with Crippen LogP contribution >= 0.6 is 0 Å². The van der Waals surface area contributed by atoms with Gasteiger partial charge < -0.3 is 14.6 Å². The van der Waals surface area contributed by atoms with Gasteiger partial charge in [0.1, 0.15) is 0 Å². The van der Waals surface area contributed by atoms with Crippen molar-refractivity contribution in [2.45, 2.75) is 26.4 Å². The van der Waals surface area contributed by atoms with Gasteiger partial charge in [0.25, 0.3) is 0 Å². The number of rotatable bonds is 3. The van der Waals surface area contributed by atoms with E-state index in [1.54, 1.807) is 6.92 Å². The van der Waals surface area contributed by atoms with Crippen molar-refractivity contribution < 1.29 is 14.6 Å². The summed E-state index contributed by atoms with van der Waals surface area (Å²) in [5, 5.41) is 8.55. The number of hydrogen-bond donors (Lipinski definition) is 1. The Morgan fingerprint density at radius 2 is 1.78 bits per heavy atom. The number of ether oxygens (including phenoxy) is 2. The third-order valence-corrected chi connectivity index (χ3v) is 0.721. The second-order valence-electron chi connectivity index (χ2n) is 1.54. The van der Waals surface area contributed by atoms with Gasteiger partial charge in [-0.3, -0.25) is 0 Å². The molecular weight excluding hydrogens is 115 g/mol. The number of methoxy groups -OCH3 is 1. The van der Waals surface area contributed by atoms with Gasteiger partial charge >= 0.3 is 18.9 Å². The molecule has 0 aromatic rings. The normalized spacial score (nSPS) is 16.0. The third-order valence-electron chi connectivity index (χ3n) is 0.721. The van der Waals surface area contributed by atoms with Gasteiger partial charge in [-0.15, -0.1) is 0 Å². The first-order chi connectivity index (χ1) is 3.66. The van der Waals surface area contributed by atoms with Gasteiger partial charge in [-0.2, -0.15) is 0 Å². The Balaban J connectivity index is 0. The van der Waals surface area contributed by atoms with E-state index in [0.717, 1.165) is 0 Å². The van der Waals surface area contributed by atoms with Crippen molar-refractivity contribution in [1.82, 2.24) is 0 Å². The van der Waals surface area contributed by atoms with E-state index in [9.17, 15) is 0 Å². The van der Waals surface area contributed by atoms with E-state index in [-0.39, 0.29) is 25.2 Å². The zero-order valence-corrected chi connectivity index (χ0v) is 5.42. The van der Waals surface area contributed by atoms with Crippen molar-refractivity contribution in [2.24, 2.45) is 0 Å². The molecule has 0 bridgehead atoms. The third kappa shape index (κ3) is 8.48. The number of aliphatic hydroxyl groups is 1. The van der Waals surface area contributed by atoms with E-state index < -0.39 is 6.29 Å². The molecule has 0 heterocycles. The minimum atomic E-state index is -0.745. The van der Waals surface area contributed by atoms with Gasteiger partial charge in [0.05, 0.1) is 0 Å². The van der Waals surface area contributed by atoms with Crippen molar-refractivity contribution in [1.29, 1.82) is 0 Å². The summed E-state index contributed by atoms with van der Waals surface area (Å²) in [7, 11) is 1.52. The summed E-state index contributed by atoms with van der Waals surface area (Å²) < 4.78 is 9.41. The summed E-state index contributed by atoms with van der Waals surface area (Å²) in [6.45, 7) is 3.25. The van der Waals surface area contributed by atoms with Crippen LogP contribution < -0.4 is 0 Å². The summed E-state index contributed by atoms with van der Waals surface area (Å²) >= 11 is 0. The molecule has 9 heavy (non-hydrogen) atoms. The number of hydrogen-bond acceptors (Lipinski definition) is 3. The molecule has 2 unspecified atom stereocenters. The van der Waals surface area contributed by atoms with Crippen molar-refractivity contribution in [3.63, 3.8) is 0 Å². The first kappa shape index (κ1) is 12.2. The molecule has 0 saturated carbocycles. The molecule has 0 fully saturated rings. The molecule has 1 N–H and O–H groups in total. The van der Waals surface area contributed by atoms with Crippen LogP contribution in [-0.2, 0) is 9.47 Å². The molecule has 0 spiro atoms. The van der Waals surface area contributed by atoms with E-state index in [0.29, 0.717) is 0 Å². The van der Waals surface area contributed by atoms with E-state index >= 15 is 0 Å². The molecule has 0 aromatic heterocycles. The minimum absolute atomic E-state index is 0. The van der Waals surface area contributed by atoms with Crippen LogP contribution in [0.25, 0.3) is 0 Å². The van der Waals surface area contributed by atoms with Crippen LogP contribution in [0.15, 0.2) is 0 Å². The van der Waals surface area contributed by atoms with Crippen LogP contribution in [-0.4, -0.2) is 43.7 Å². The molecule has 3 nitrogen and oxygen atoms in total. The Morgan fingerprint density at radius 3 is 1.89 bits per heavy atom. The molecule has 0 rings (SSSR count). The van der Waals surface area contributed by atoms with Crippen molar-refractivity contribution in [3.8, 4) is 0 Å². The number of aliphatic hydroxyl groups excluding tert-OH is 1. The Kier molecular flexibility index (Phi) is 8.93. The second-order valence-corrected chi connectivity index (χ2v) is 1.54. The van der Waals surface area contributed by atoms with Gasteiger partial charge in [-0.05, 0) is 13.8 Å². The van der Waals surface area contributed by atoms with Crippen LogP contribution in [0.4, 0.5) is 0 Å². The summed E-state index contributed by atoms with van der Waals surface area (Å²) in [5.74, 6) is 0. The topological polar surface area (TPSA) is 38.7 Å². The Hall–Kier alpha value is 0.477. The fraction of sp³-hybridized carbons (Fsp3) is 1.00. The van der Waals surface area contributed by atoms with E-state index in [1.165, 1.54) is 14.0 Å². The van der Waals surface area contributed by atoms with Crippen LogP contribution in [0, 0.1) is 0 Å². The summed E-state index contributed by atoms with van der Waals surface area (Å²) in [4.78, 5) is 0. The molecule has 0 aromatic carbocycles. The molecule has 0 aliphatic rings. The standard InChI is InChI=1S/C5H12O3.Li.H/c1-4(6)8-5(2)7-3;;/h4-6H,1-3H3;;. The van der Waals surface area contributed by atoms with Crippen LogP contribution in [0.1, 0.15) is 13.8 Å². The zero-order chi connectivity index (χ0) is 6.57. The molecule has 52 valence electrons. The molecule has 0 aliphatic carbocycles. The Morgan fingerprint density at radius 1 is 1.33 bits per heavy atom. The predicted octanol–water partition coefficient (Wildman–Crippen LogP) is -0.315. The zero-order valence-electron chi connectivity index (χ0n) is 5.42. The van der Waals surface area contributed by atoms with Gasteiger partial charge in [-0.1, -0.05) is 0 Å². The van der Waals surface area contributed by atoms with Gasteiger partial charge in [-0.25, -0.2) is 0 Å². The first-order valence-electron chi connectivity index (χ1n) is 2.53. The molecule has 2 atom stereocenters. The molecular formula is C5H13LiO3. The summed E-state index contributed by atoms with van der Waals surface area (Å²) in [6, 6.07) is 0.